The van der Waals surface area contributed by atoms with Crippen LogP contribution in [-0.2, 0) is 4.74 Å². The molecule has 5 nitrogen and oxygen atoms in total. The molecule has 1 fully saturated rings. The molecule has 22 heavy (non-hydrogen) atoms. The SMILES string of the molecule is O=C(NCC(O)COCC1CC1)c1cc2cccc(Cl)c2o1. The Morgan fingerprint density at radius 2 is 2.32 bits per heavy atom. The van der Waals surface area contributed by atoms with Gasteiger partial charge in [0.15, 0.2) is 11.3 Å². The molecule has 0 bridgehead atoms. The van der Waals surface area contributed by atoms with Gasteiger partial charge in [0.2, 0.25) is 0 Å². The van der Waals surface area contributed by atoms with Crippen molar-refractivity contribution >= 4 is 28.5 Å². The second-order valence-electron chi connectivity index (χ2n) is 5.61. The van der Waals surface area contributed by atoms with Crippen molar-refractivity contribution in [3.8, 4) is 0 Å². The van der Waals surface area contributed by atoms with Gasteiger partial charge in [-0.3, -0.25) is 4.79 Å². The van der Waals surface area contributed by atoms with Crippen LogP contribution in [0.3, 0.4) is 0 Å². The summed E-state index contributed by atoms with van der Waals surface area (Å²) < 4.78 is 10.8. The van der Waals surface area contributed by atoms with Crippen LogP contribution in [0, 0.1) is 5.92 Å². The minimum Gasteiger partial charge on any atom is -0.449 e. The Labute approximate surface area is 133 Å². The predicted octanol–water partition coefficient (Wildman–Crippen LogP) is 2.60. The number of amides is 1. The number of benzene rings is 1. The second kappa shape index (κ2) is 6.69. The van der Waals surface area contributed by atoms with Crippen molar-refractivity contribution in [3.63, 3.8) is 0 Å². The number of rotatable bonds is 7. The van der Waals surface area contributed by atoms with Crippen LogP contribution in [0.25, 0.3) is 11.0 Å². The molecule has 1 aromatic carbocycles. The summed E-state index contributed by atoms with van der Waals surface area (Å²) in [6.07, 6.45) is 1.69. The monoisotopic (exact) mass is 323 g/mol. The number of ether oxygens (including phenoxy) is 1. The highest BCUT2D eigenvalue weighted by Gasteiger charge is 2.21. The Hall–Kier alpha value is -1.56. The van der Waals surface area contributed by atoms with Crippen molar-refractivity contribution in [2.75, 3.05) is 19.8 Å². The van der Waals surface area contributed by atoms with E-state index in [4.69, 9.17) is 20.8 Å². The van der Waals surface area contributed by atoms with Gasteiger partial charge in [-0.1, -0.05) is 23.7 Å². The topological polar surface area (TPSA) is 71.7 Å². The number of aliphatic hydroxyl groups is 1. The highest BCUT2D eigenvalue weighted by molar-refractivity contribution is 6.34. The first-order valence-electron chi connectivity index (χ1n) is 7.35. The average Bonchev–Trinajstić information content (AvgIpc) is 3.21. The molecule has 1 amide bonds. The van der Waals surface area contributed by atoms with E-state index < -0.39 is 6.10 Å². The zero-order chi connectivity index (χ0) is 15.5. The van der Waals surface area contributed by atoms with Crippen molar-refractivity contribution in [2.45, 2.75) is 18.9 Å². The molecular formula is C16H18ClNO4. The van der Waals surface area contributed by atoms with Crippen LogP contribution in [0.2, 0.25) is 5.02 Å². The summed E-state index contributed by atoms with van der Waals surface area (Å²) >= 11 is 6.01. The van der Waals surface area contributed by atoms with E-state index in [1.807, 2.05) is 6.07 Å². The third kappa shape index (κ3) is 3.80. The van der Waals surface area contributed by atoms with Gasteiger partial charge in [-0.05, 0) is 30.9 Å². The third-order valence-electron chi connectivity index (χ3n) is 3.58. The molecule has 118 valence electrons. The summed E-state index contributed by atoms with van der Waals surface area (Å²) in [5, 5.41) is 13.6. The van der Waals surface area contributed by atoms with Crippen LogP contribution >= 0.6 is 11.6 Å². The molecule has 0 saturated heterocycles. The third-order valence-corrected chi connectivity index (χ3v) is 3.88. The van der Waals surface area contributed by atoms with Crippen molar-refractivity contribution in [1.29, 1.82) is 0 Å². The van der Waals surface area contributed by atoms with Crippen molar-refractivity contribution in [3.05, 3.63) is 35.0 Å². The predicted molar refractivity (Wildman–Crippen MR) is 83.1 cm³/mol. The van der Waals surface area contributed by atoms with E-state index in [0.717, 1.165) is 5.39 Å². The van der Waals surface area contributed by atoms with Crippen molar-refractivity contribution < 1.29 is 19.1 Å². The standard InChI is InChI=1S/C16H18ClNO4/c17-13-3-1-2-11-6-14(22-15(11)13)16(20)18-7-12(19)9-21-8-10-4-5-10/h1-3,6,10,12,19H,4-5,7-9H2,(H,18,20). The number of carbonyl (C=O) groups excluding carboxylic acids is 1. The number of nitrogens with one attached hydrogen (secondary N) is 1. The molecule has 2 N–H and O–H groups in total. The molecule has 0 radical (unpaired) electrons. The fraction of sp³-hybridized carbons (Fsp3) is 0.438. The Morgan fingerprint density at radius 1 is 1.50 bits per heavy atom. The number of aliphatic hydroxyl groups excluding tert-OH is 1. The molecule has 1 atom stereocenters. The number of hydrogen-bond donors (Lipinski definition) is 2. The van der Waals surface area contributed by atoms with E-state index in [9.17, 15) is 9.90 Å². The normalized spacial score (nSPS) is 15.9. The molecule has 1 aliphatic rings. The number of fused-ring (bicyclic) bond motifs is 1. The Morgan fingerprint density at radius 3 is 3.05 bits per heavy atom. The number of halogens is 1. The van der Waals surface area contributed by atoms with Gasteiger partial charge in [-0.2, -0.15) is 0 Å². The second-order valence-corrected chi connectivity index (χ2v) is 6.02. The zero-order valence-corrected chi connectivity index (χ0v) is 12.8. The first-order chi connectivity index (χ1) is 10.6. The summed E-state index contributed by atoms with van der Waals surface area (Å²) in [5.41, 5.74) is 0.489. The molecule has 3 rings (SSSR count). The first-order valence-corrected chi connectivity index (χ1v) is 7.73. The van der Waals surface area contributed by atoms with Crippen LogP contribution in [-0.4, -0.2) is 36.9 Å². The molecule has 0 aliphatic heterocycles. The molecule has 1 heterocycles. The number of para-hydroxylation sites is 1. The lowest BCUT2D eigenvalue weighted by molar-refractivity contribution is 0.0319. The molecule has 0 spiro atoms. The Kier molecular flexibility index (Phi) is 4.66. The lowest BCUT2D eigenvalue weighted by atomic mass is 10.2. The van der Waals surface area contributed by atoms with Crippen LogP contribution in [0.1, 0.15) is 23.4 Å². The summed E-state index contributed by atoms with van der Waals surface area (Å²) in [6, 6.07) is 6.95. The molecule has 1 saturated carbocycles. The van der Waals surface area contributed by atoms with Crippen LogP contribution in [0.4, 0.5) is 0 Å². The molecule has 2 aromatic rings. The maximum atomic E-state index is 12.0. The van der Waals surface area contributed by atoms with Gasteiger partial charge in [-0.25, -0.2) is 0 Å². The number of hydrogen-bond acceptors (Lipinski definition) is 4. The van der Waals surface area contributed by atoms with Gasteiger partial charge >= 0.3 is 0 Å². The van der Waals surface area contributed by atoms with E-state index >= 15 is 0 Å². The van der Waals surface area contributed by atoms with E-state index in [1.54, 1.807) is 18.2 Å². The smallest absolute Gasteiger partial charge is 0.287 e. The Balaban J connectivity index is 1.50. The summed E-state index contributed by atoms with van der Waals surface area (Å²) in [5.74, 6) is 0.449. The molecule has 1 unspecified atom stereocenters. The highest BCUT2D eigenvalue weighted by atomic mass is 35.5. The van der Waals surface area contributed by atoms with Gasteiger partial charge in [0.25, 0.3) is 5.91 Å². The quantitative estimate of drug-likeness (QED) is 0.821. The van der Waals surface area contributed by atoms with Crippen LogP contribution in [0.15, 0.2) is 28.7 Å². The van der Waals surface area contributed by atoms with Crippen LogP contribution in [0.5, 0.6) is 0 Å². The summed E-state index contributed by atoms with van der Waals surface area (Å²) in [7, 11) is 0. The van der Waals surface area contributed by atoms with E-state index in [0.29, 0.717) is 23.1 Å². The van der Waals surface area contributed by atoms with E-state index in [2.05, 4.69) is 5.32 Å². The van der Waals surface area contributed by atoms with Gasteiger partial charge in [-0.15, -0.1) is 0 Å². The molecule has 1 aliphatic carbocycles. The molecular weight excluding hydrogens is 306 g/mol. The van der Waals surface area contributed by atoms with Gasteiger partial charge in [0.1, 0.15) is 0 Å². The largest absolute Gasteiger partial charge is 0.449 e. The van der Waals surface area contributed by atoms with Crippen molar-refractivity contribution in [2.24, 2.45) is 5.92 Å². The lowest BCUT2D eigenvalue weighted by Crippen LogP contribution is -2.34. The van der Waals surface area contributed by atoms with E-state index in [-0.39, 0.29) is 24.8 Å². The van der Waals surface area contributed by atoms with Crippen LogP contribution < -0.4 is 5.32 Å². The van der Waals surface area contributed by atoms with Gasteiger partial charge in [0.05, 0.1) is 17.7 Å². The summed E-state index contributed by atoms with van der Waals surface area (Å²) in [6.45, 7) is 1.03. The molecule has 1 aromatic heterocycles. The maximum absolute atomic E-state index is 12.0. The van der Waals surface area contributed by atoms with Gasteiger partial charge in [0, 0.05) is 18.5 Å². The molecule has 6 heteroatoms. The first kappa shape index (κ1) is 15.3. The number of carbonyl (C=O) groups is 1. The fourth-order valence-electron chi connectivity index (χ4n) is 2.15. The Bertz CT molecular complexity index is 665. The maximum Gasteiger partial charge on any atom is 0.287 e. The number of furan rings is 1. The zero-order valence-electron chi connectivity index (χ0n) is 12.0. The minimum absolute atomic E-state index is 0.119. The van der Waals surface area contributed by atoms with Gasteiger partial charge < -0.3 is 19.6 Å². The van der Waals surface area contributed by atoms with E-state index in [1.165, 1.54) is 12.8 Å². The minimum atomic E-state index is -0.726. The lowest BCUT2D eigenvalue weighted by Gasteiger charge is -2.11. The summed E-state index contributed by atoms with van der Waals surface area (Å²) in [4.78, 5) is 12.0. The highest BCUT2D eigenvalue weighted by Crippen LogP contribution is 2.28. The average molecular weight is 324 g/mol. The van der Waals surface area contributed by atoms with Crippen molar-refractivity contribution in [1.82, 2.24) is 5.32 Å². The fourth-order valence-corrected chi connectivity index (χ4v) is 2.37.